The molecule has 0 bridgehead atoms. The van der Waals surface area contributed by atoms with Crippen LogP contribution in [-0.2, 0) is 0 Å². The van der Waals surface area contributed by atoms with Gasteiger partial charge in [0, 0.05) is 5.69 Å². The van der Waals surface area contributed by atoms with Crippen molar-refractivity contribution in [3.8, 4) is 5.75 Å². The van der Waals surface area contributed by atoms with Gasteiger partial charge in [-0.25, -0.2) is 0 Å². The molecule has 1 aromatic carbocycles. The van der Waals surface area contributed by atoms with Crippen molar-refractivity contribution in [2.45, 2.75) is 65.7 Å². The van der Waals surface area contributed by atoms with Crippen molar-refractivity contribution >= 4 is 5.69 Å². The maximum absolute atomic E-state index is 5.87. The summed E-state index contributed by atoms with van der Waals surface area (Å²) in [4.78, 5) is 0. The van der Waals surface area contributed by atoms with Gasteiger partial charge in [-0.1, -0.05) is 45.4 Å². The lowest BCUT2D eigenvalue weighted by atomic mass is 10.1. The van der Waals surface area contributed by atoms with Gasteiger partial charge in [0.1, 0.15) is 5.75 Å². The molecular weight excluding hydrogens is 234 g/mol. The van der Waals surface area contributed by atoms with Crippen LogP contribution in [0.1, 0.15) is 63.0 Å². The third-order valence-corrected chi connectivity index (χ3v) is 3.57. The number of hydrogen-bond donors (Lipinski definition) is 1. The van der Waals surface area contributed by atoms with Crippen LogP contribution in [0.15, 0.2) is 12.1 Å². The van der Waals surface area contributed by atoms with E-state index in [1.54, 1.807) is 0 Å². The zero-order chi connectivity index (χ0) is 14.1. The fraction of sp³-hybridized carbons (Fsp3) is 0.647. The van der Waals surface area contributed by atoms with Crippen molar-refractivity contribution in [3.63, 3.8) is 0 Å². The summed E-state index contributed by atoms with van der Waals surface area (Å²) in [6.07, 6.45) is 9.20. The fourth-order valence-corrected chi connectivity index (χ4v) is 2.21. The zero-order valence-corrected chi connectivity index (χ0v) is 12.8. The summed E-state index contributed by atoms with van der Waals surface area (Å²) in [6.45, 7) is 7.15. The highest BCUT2D eigenvalue weighted by Crippen LogP contribution is 2.24. The summed E-state index contributed by atoms with van der Waals surface area (Å²) in [6, 6.07) is 4.04. The predicted octanol–water partition coefficient (Wildman–Crippen LogP) is 5.02. The van der Waals surface area contributed by atoms with Gasteiger partial charge in [-0.05, 0) is 43.5 Å². The molecule has 1 rings (SSSR count). The molecule has 0 aliphatic carbocycles. The molecule has 2 N–H and O–H groups in total. The van der Waals surface area contributed by atoms with Crippen molar-refractivity contribution in [2.24, 2.45) is 0 Å². The average Bonchev–Trinajstić information content (AvgIpc) is 2.38. The van der Waals surface area contributed by atoms with E-state index in [4.69, 9.17) is 10.5 Å². The van der Waals surface area contributed by atoms with Crippen LogP contribution in [-0.4, -0.2) is 6.61 Å². The second kappa shape index (κ2) is 8.84. The molecule has 0 unspecified atom stereocenters. The number of nitrogen functional groups attached to an aromatic ring is 1. The normalized spacial score (nSPS) is 10.7. The van der Waals surface area contributed by atoms with E-state index in [9.17, 15) is 0 Å². The van der Waals surface area contributed by atoms with Crippen molar-refractivity contribution in [1.29, 1.82) is 0 Å². The summed E-state index contributed by atoms with van der Waals surface area (Å²) in [5.74, 6) is 0.984. The Kier molecular flexibility index (Phi) is 7.39. The molecule has 0 saturated heterocycles. The summed E-state index contributed by atoms with van der Waals surface area (Å²) in [5.41, 5.74) is 8.94. The number of anilines is 1. The Morgan fingerprint density at radius 1 is 0.895 bits per heavy atom. The van der Waals surface area contributed by atoms with Gasteiger partial charge in [0.15, 0.2) is 0 Å². The summed E-state index contributed by atoms with van der Waals surface area (Å²) in [7, 11) is 0. The Hall–Kier alpha value is -1.18. The molecule has 0 aliphatic heterocycles. The second-order valence-corrected chi connectivity index (χ2v) is 5.44. The molecule has 0 spiro atoms. The molecule has 108 valence electrons. The molecule has 0 heterocycles. The summed E-state index contributed by atoms with van der Waals surface area (Å²) >= 11 is 0. The first-order valence-corrected chi connectivity index (χ1v) is 7.64. The van der Waals surface area contributed by atoms with E-state index in [2.05, 4.69) is 13.8 Å². The van der Waals surface area contributed by atoms with E-state index in [0.717, 1.165) is 35.6 Å². The van der Waals surface area contributed by atoms with Gasteiger partial charge >= 0.3 is 0 Å². The van der Waals surface area contributed by atoms with E-state index in [1.165, 1.54) is 38.5 Å². The number of rotatable bonds is 9. The summed E-state index contributed by atoms with van der Waals surface area (Å²) < 4.78 is 5.84. The zero-order valence-electron chi connectivity index (χ0n) is 12.8. The Morgan fingerprint density at radius 3 is 2.21 bits per heavy atom. The topological polar surface area (TPSA) is 35.2 Å². The average molecular weight is 263 g/mol. The van der Waals surface area contributed by atoms with Crippen LogP contribution in [0.2, 0.25) is 0 Å². The van der Waals surface area contributed by atoms with E-state index < -0.39 is 0 Å². The quantitative estimate of drug-likeness (QED) is 0.502. The van der Waals surface area contributed by atoms with Gasteiger partial charge < -0.3 is 10.5 Å². The van der Waals surface area contributed by atoms with Crippen molar-refractivity contribution in [3.05, 3.63) is 23.3 Å². The van der Waals surface area contributed by atoms with Crippen molar-refractivity contribution in [2.75, 3.05) is 12.3 Å². The molecule has 0 aliphatic rings. The minimum atomic E-state index is 0.817. The lowest BCUT2D eigenvalue weighted by Crippen LogP contribution is -2.00. The lowest BCUT2D eigenvalue weighted by molar-refractivity contribution is 0.302. The fourth-order valence-electron chi connectivity index (χ4n) is 2.21. The Labute approximate surface area is 118 Å². The lowest BCUT2D eigenvalue weighted by Gasteiger charge is -2.11. The first kappa shape index (κ1) is 15.9. The second-order valence-electron chi connectivity index (χ2n) is 5.44. The highest BCUT2D eigenvalue weighted by molar-refractivity contribution is 5.53. The van der Waals surface area contributed by atoms with Crippen molar-refractivity contribution in [1.82, 2.24) is 0 Å². The van der Waals surface area contributed by atoms with E-state index in [-0.39, 0.29) is 0 Å². The van der Waals surface area contributed by atoms with Gasteiger partial charge in [0.05, 0.1) is 6.61 Å². The Balaban J connectivity index is 2.17. The molecule has 0 fully saturated rings. The molecule has 0 radical (unpaired) electrons. The molecule has 2 nitrogen and oxygen atoms in total. The van der Waals surface area contributed by atoms with E-state index in [0.29, 0.717) is 0 Å². The maximum Gasteiger partial charge on any atom is 0.122 e. The Bertz CT molecular complexity index is 374. The van der Waals surface area contributed by atoms with Gasteiger partial charge in [0.25, 0.3) is 0 Å². The van der Waals surface area contributed by atoms with Crippen LogP contribution in [0, 0.1) is 13.8 Å². The van der Waals surface area contributed by atoms with Crippen LogP contribution in [0.3, 0.4) is 0 Å². The van der Waals surface area contributed by atoms with Crippen LogP contribution in [0.4, 0.5) is 5.69 Å². The molecule has 0 amide bonds. The predicted molar refractivity (Wildman–Crippen MR) is 83.8 cm³/mol. The largest absolute Gasteiger partial charge is 0.493 e. The van der Waals surface area contributed by atoms with Gasteiger partial charge in [0.2, 0.25) is 0 Å². The first-order valence-electron chi connectivity index (χ1n) is 7.64. The Morgan fingerprint density at radius 2 is 1.53 bits per heavy atom. The first-order chi connectivity index (χ1) is 9.15. The number of unbranched alkanes of at least 4 members (excludes halogenated alkanes) is 6. The summed E-state index contributed by atoms with van der Waals surface area (Å²) in [5, 5.41) is 0. The molecule has 0 saturated carbocycles. The van der Waals surface area contributed by atoms with E-state index in [1.807, 2.05) is 19.1 Å². The monoisotopic (exact) mass is 263 g/mol. The van der Waals surface area contributed by atoms with E-state index >= 15 is 0 Å². The molecule has 0 aromatic heterocycles. The van der Waals surface area contributed by atoms with Crippen molar-refractivity contribution < 1.29 is 4.74 Å². The van der Waals surface area contributed by atoms with Crippen LogP contribution >= 0.6 is 0 Å². The molecular formula is C17H29NO. The molecule has 19 heavy (non-hydrogen) atoms. The van der Waals surface area contributed by atoms with Crippen LogP contribution in [0.5, 0.6) is 5.75 Å². The third-order valence-electron chi connectivity index (χ3n) is 3.57. The molecule has 0 atom stereocenters. The highest BCUT2D eigenvalue weighted by atomic mass is 16.5. The van der Waals surface area contributed by atoms with Gasteiger partial charge in [-0.2, -0.15) is 0 Å². The standard InChI is InChI=1S/C17H29NO/c1-4-5-6-7-8-9-10-11-19-17-13-14(2)16(18)12-15(17)3/h12-13H,4-11,18H2,1-3H3. The highest BCUT2D eigenvalue weighted by Gasteiger charge is 2.03. The minimum absolute atomic E-state index is 0.817. The smallest absolute Gasteiger partial charge is 0.122 e. The minimum Gasteiger partial charge on any atom is -0.493 e. The third kappa shape index (κ3) is 6.00. The van der Waals surface area contributed by atoms with Crippen LogP contribution < -0.4 is 10.5 Å². The number of aryl methyl sites for hydroxylation is 2. The van der Waals surface area contributed by atoms with Gasteiger partial charge in [-0.3, -0.25) is 0 Å². The number of nitrogens with two attached hydrogens (primary N) is 1. The number of hydrogen-bond acceptors (Lipinski definition) is 2. The number of benzene rings is 1. The molecule has 1 aromatic rings. The maximum atomic E-state index is 5.87. The molecule has 2 heteroatoms. The van der Waals surface area contributed by atoms with Gasteiger partial charge in [-0.15, -0.1) is 0 Å². The van der Waals surface area contributed by atoms with Crippen LogP contribution in [0.25, 0.3) is 0 Å². The number of ether oxygens (including phenoxy) is 1. The SMILES string of the molecule is CCCCCCCCCOc1cc(C)c(N)cc1C.